The average molecular weight is 265 g/mol. The number of halogens is 1. The van der Waals surface area contributed by atoms with Gasteiger partial charge < -0.3 is 15.1 Å². The van der Waals surface area contributed by atoms with Crippen LogP contribution in [0.25, 0.3) is 0 Å². The Bertz CT molecular complexity index is 416. The van der Waals surface area contributed by atoms with E-state index >= 15 is 0 Å². The minimum absolute atomic E-state index is 0.155. The number of anilines is 1. The molecule has 1 fully saturated rings. The maximum atomic E-state index is 13.4. The summed E-state index contributed by atoms with van der Waals surface area (Å²) in [5.41, 5.74) is 2.17. The van der Waals surface area contributed by atoms with Gasteiger partial charge in [-0.1, -0.05) is 0 Å². The van der Waals surface area contributed by atoms with E-state index in [1.165, 1.54) is 12.8 Å². The number of hydrogen-bond donors (Lipinski definition) is 1. The van der Waals surface area contributed by atoms with E-state index in [9.17, 15) is 4.39 Å². The van der Waals surface area contributed by atoms with Crippen molar-refractivity contribution in [2.75, 3.05) is 39.1 Å². The van der Waals surface area contributed by atoms with Crippen molar-refractivity contribution in [3.63, 3.8) is 0 Å². The predicted molar refractivity (Wildman–Crippen MR) is 78.1 cm³/mol. The molecule has 1 aromatic carbocycles. The third kappa shape index (κ3) is 4.48. The normalized spacial score (nSPS) is 15.0. The van der Waals surface area contributed by atoms with Gasteiger partial charge in [0.25, 0.3) is 0 Å². The van der Waals surface area contributed by atoms with E-state index in [1.54, 1.807) is 12.1 Å². The van der Waals surface area contributed by atoms with E-state index in [4.69, 9.17) is 0 Å². The van der Waals surface area contributed by atoms with Crippen LogP contribution in [0.1, 0.15) is 18.4 Å². The summed E-state index contributed by atoms with van der Waals surface area (Å²) in [5.74, 6) is -0.155. The second-order valence-electron chi connectivity index (χ2n) is 5.65. The van der Waals surface area contributed by atoms with Crippen molar-refractivity contribution in [1.29, 1.82) is 0 Å². The smallest absolute Gasteiger partial charge is 0.123 e. The molecule has 0 heterocycles. The fraction of sp³-hybridized carbons (Fsp3) is 0.600. The molecule has 1 aromatic rings. The van der Waals surface area contributed by atoms with Gasteiger partial charge in [0.15, 0.2) is 0 Å². The molecule has 1 aliphatic rings. The van der Waals surface area contributed by atoms with Gasteiger partial charge >= 0.3 is 0 Å². The number of nitrogens with zero attached hydrogens (tertiary/aromatic N) is 2. The van der Waals surface area contributed by atoms with E-state index < -0.39 is 0 Å². The minimum Gasteiger partial charge on any atom is -0.373 e. The number of benzene rings is 1. The van der Waals surface area contributed by atoms with E-state index in [0.717, 1.165) is 30.9 Å². The fourth-order valence-electron chi connectivity index (χ4n) is 2.08. The van der Waals surface area contributed by atoms with Gasteiger partial charge in [-0.15, -0.1) is 0 Å². The molecule has 0 aromatic heterocycles. The molecule has 0 atom stereocenters. The van der Waals surface area contributed by atoms with Crippen LogP contribution in [0.15, 0.2) is 18.2 Å². The van der Waals surface area contributed by atoms with Gasteiger partial charge in [0.1, 0.15) is 5.82 Å². The molecule has 0 radical (unpaired) electrons. The van der Waals surface area contributed by atoms with Crippen LogP contribution >= 0.6 is 0 Å². The maximum absolute atomic E-state index is 13.4. The van der Waals surface area contributed by atoms with Crippen LogP contribution in [0.5, 0.6) is 0 Å². The Morgan fingerprint density at radius 2 is 1.95 bits per heavy atom. The third-order valence-corrected chi connectivity index (χ3v) is 3.49. The van der Waals surface area contributed by atoms with Crippen LogP contribution in [-0.4, -0.2) is 45.2 Å². The van der Waals surface area contributed by atoms with Crippen LogP contribution in [0.4, 0.5) is 10.1 Å². The summed E-state index contributed by atoms with van der Waals surface area (Å²) >= 11 is 0. The van der Waals surface area contributed by atoms with Crippen molar-refractivity contribution >= 4 is 5.69 Å². The molecule has 0 amide bonds. The zero-order valence-electron chi connectivity index (χ0n) is 12.1. The molecule has 0 spiro atoms. The van der Waals surface area contributed by atoms with E-state index in [0.29, 0.717) is 6.04 Å². The first kappa shape index (κ1) is 14.3. The molecule has 106 valence electrons. The van der Waals surface area contributed by atoms with Crippen molar-refractivity contribution in [2.45, 2.75) is 25.4 Å². The Hall–Kier alpha value is -1.13. The second kappa shape index (κ2) is 6.35. The Kier molecular flexibility index (Phi) is 4.77. The predicted octanol–water partition coefficient (Wildman–Crippen LogP) is 2.08. The van der Waals surface area contributed by atoms with Gasteiger partial charge in [-0.3, -0.25) is 0 Å². The van der Waals surface area contributed by atoms with E-state index in [-0.39, 0.29) is 5.82 Å². The fourth-order valence-corrected chi connectivity index (χ4v) is 2.08. The minimum atomic E-state index is -0.155. The van der Waals surface area contributed by atoms with Gasteiger partial charge in [-0.2, -0.15) is 0 Å². The van der Waals surface area contributed by atoms with Gasteiger partial charge in [0, 0.05) is 38.4 Å². The molecule has 2 rings (SSSR count). The number of rotatable bonds is 7. The highest BCUT2D eigenvalue weighted by molar-refractivity contribution is 5.53. The Labute approximate surface area is 115 Å². The van der Waals surface area contributed by atoms with Gasteiger partial charge in [0.2, 0.25) is 0 Å². The third-order valence-electron chi connectivity index (χ3n) is 3.49. The first-order chi connectivity index (χ1) is 9.06. The number of hydrogen-bond acceptors (Lipinski definition) is 3. The monoisotopic (exact) mass is 265 g/mol. The second-order valence-corrected chi connectivity index (χ2v) is 5.65. The summed E-state index contributed by atoms with van der Waals surface area (Å²) < 4.78 is 13.4. The number of likely N-dealkylation sites (N-methyl/N-ethyl adjacent to an activating group) is 2. The van der Waals surface area contributed by atoms with E-state index in [1.807, 2.05) is 6.07 Å². The molecule has 4 heteroatoms. The molecule has 1 saturated carbocycles. The largest absolute Gasteiger partial charge is 0.373 e. The van der Waals surface area contributed by atoms with Gasteiger partial charge in [0.05, 0.1) is 0 Å². The summed E-state index contributed by atoms with van der Waals surface area (Å²) in [6, 6.07) is 5.72. The van der Waals surface area contributed by atoms with Crippen molar-refractivity contribution in [3.05, 3.63) is 29.6 Å². The van der Waals surface area contributed by atoms with E-state index in [2.05, 4.69) is 36.3 Å². The molecule has 0 unspecified atom stereocenters. The number of nitrogens with one attached hydrogen (secondary N) is 1. The molecule has 1 aliphatic carbocycles. The standard InChI is InChI=1S/C15H24FN3/c1-18(2)8-9-19(3)15-7-4-13(16)10-12(15)11-17-14-5-6-14/h4,7,10,14,17H,5-6,8-9,11H2,1-3H3. The van der Waals surface area contributed by atoms with Gasteiger partial charge in [-0.05, 0) is 50.7 Å². The Morgan fingerprint density at radius 3 is 2.58 bits per heavy atom. The molecule has 3 nitrogen and oxygen atoms in total. The topological polar surface area (TPSA) is 18.5 Å². The van der Waals surface area contributed by atoms with Crippen LogP contribution in [0.3, 0.4) is 0 Å². The highest BCUT2D eigenvalue weighted by atomic mass is 19.1. The lowest BCUT2D eigenvalue weighted by Crippen LogP contribution is -2.29. The average Bonchev–Trinajstić information content (AvgIpc) is 3.17. The summed E-state index contributed by atoms with van der Waals surface area (Å²) in [4.78, 5) is 4.35. The zero-order chi connectivity index (χ0) is 13.8. The first-order valence-electron chi connectivity index (χ1n) is 6.94. The Balaban J connectivity index is 2.03. The lowest BCUT2D eigenvalue weighted by atomic mass is 10.1. The summed E-state index contributed by atoms with van der Waals surface area (Å²) in [6.07, 6.45) is 2.50. The van der Waals surface area contributed by atoms with Gasteiger partial charge in [-0.25, -0.2) is 4.39 Å². The molecular weight excluding hydrogens is 241 g/mol. The molecule has 1 N–H and O–H groups in total. The molecule has 0 saturated heterocycles. The summed E-state index contributed by atoms with van der Waals surface area (Å²) in [6.45, 7) is 2.68. The van der Waals surface area contributed by atoms with Crippen molar-refractivity contribution in [3.8, 4) is 0 Å². The first-order valence-corrected chi connectivity index (χ1v) is 6.94. The SMILES string of the molecule is CN(C)CCN(C)c1ccc(F)cc1CNC1CC1. The summed E-state index contributed by atoms with van der Waals surface area (Å²) in [7, 11) is 6.19. The van der Waals surface area contributed by atoms with Crippen LogP contribution in [0.2, 0.25) is 0 Å². The maximum Gasteiger partial charge on any atom is 0.123 e. The van der Waals surface area contributed by atoms with Crippen molar-refractivity contribution in [1.82, 2.24) is 10.2 Å². The quantitative estimate of drug-likeness (QED) is 0.814. The van der Waals surface area contributed by atoms with Crippen LogP contribution < -0.4 is 10.2 Å². The molecule has 0 bridgehead atoms. The molecule has 0 aliphatic heterocycles. The van der Waals surface area contributed by atoms with Crippen LogP contribution in [0, 0.1) is 5.82 Å². The van der Waals surface area contributed by atoms with Crippen molar-refractivity contribution in [2.24, 2.45) is 0 Å². The zero-order valence-corrected chi connectivity index (χ0v) is 12.1. The Morgan fingerprint density at radius 1 is 1.21 bits per heavy atom. The highest BCUT2D eigenvalue weighted by Crippen LogP contribution is 2.24. The highest BCUT2D eigenvalue weighted by Gasteiger charge is 2.21. The van der Waals surface area contributed by atoms with Crippen molar-refractivity contribution < 1.29 is 4.39 Å². The lowest BCUT2D eigenvalue weighted by Gasteiger charge is -2.24. The molecule has 19 heavy (non-hydrogen) atoms. The summed E-state index contributed by atoms with van der Waals surface area (Å²) in [5, 5.41) is 3.46. The molecular formula is C15H24FN3. The van der Waals surface area contributed by atoms with Crippen LogP contribution in [-0.2, 0) is 6.54 Å². The lowest BCUT2D eigenvalue weighted by molar-refractivity contribution is 0.416.